The maximum atomic E-state index is 11.7. The minimum atomic E-state index is 0.0732. The first-order valence-corrected chi connectivity index (χ1v) is 5.52. The zero-order valence-corrected chi connectivity index (χ0v) is 9.80. The second kappa shape index (κ2) is 5.76. The fraction of sp³-hybridized carbons (Fsp3) is 0.417. The maximum Gasteiger partial charge on any atom is 0.164 e. The summed E-state index contributed by atoms with van der Waals surface area (Å²) in [5.74, 6) is 0.769. The summed E-state index contributed by atoms with van der Waals surface area (Å²) in [6, 6.07) is 5.19. The molecular weight excluding hydrogens is 212 g/mol. The highest BCUT2D eigenvalue weighted by Gasteiger charge is 2.10. The molecule has 82 valence electrons. The monoisotopic (exact) mass is 226 g/mol. The van der Waals surface area contributed by atoms with Gasteiger partial charge in [0.25, 0.3) is 0 Å². The number of hydrogen-bond acceptors (Lipinski definition) is 2. The van der Waals surface area contributed by atoms with E-state index in [0.29, 0.717) is 29.4 Å². The van der Waals surface area contributed by atoms with Gasteiger partial charge in [-0.25, -0.2) is 0 Å². The van der Waals surface area contributed by atoms with Crippen molar-refractivity contribution in [1.82, 2.24) is 0 Å². The average molecular weight is 227 g/mol. The quantitative estimate of drug-likeness (QED) is 0.716. The van der Waals surface area contributed by atoms with E-state index in [2.05, 4.69) is 0 Å². The van der Waals surface area contributed by atoms with Gasteiger partial charge >= 0.3 is 0 Å². The van der Waals surface area contributed by atoms with Gasteiger partial charge in [0, 0.05) is 12.0 Å². The second-order valence-electron chi connectivity index (χ2n) is 3.25. The zero-order valence-electron chi connectivity index (χ0n) is 9.05. The molecule has 3 heteroatoms. The summed E-state index contributed by atoms with van der Waals surface area (Å²) in [4.78, 5) is 11.7. The molecule has 0 atom stereocenters. The van der Waals surface area contributed by atoms with Gasteiger partial charge in [-0.1, -0.05) is 18.5 Å². The molecule has 0 heterocycles. The highest BCUT2D eigenvalue weighted by atomic mass is 35.5. The number of ketones is 1. The average Bonchev–Trinajstić information content (AvgIpc) is 2.21. The molecular formula is C12H15ClO2. The first-order valence-electron chi connectivity index (χ1n) is 5.14. The number of halogens is 1. The summed E-state index contributed by atoms with van der Waals surface area (Å²) in [6.07, 6.45) is 1.35. The van der Waals surface area contributed by atoms with Gasteiger partial charge in [0.15, 0.2) is 5.78 Å². The molecule has 2 nitrogen and oxygen atoms in total. The van der Waals surface area contributed by atoms with Crippen molar-refractivity contribution in [2.45, 2.75) is 26.7 Å². The van der Waals surface area contributed by atoms with Gasteiger partial charge in [-0.3, -0.25) is 4.79 Å². The number of rotatable bonds is 5. The van der Waals surface area contributed by atoms with Gasteiger partial charge in [0.1, 0.15) is 5.75 Å². The highest BCUT2D eigenvalue weighted by molar-refractivity contribution is 6.34. The Hall–Kier alpha value is -1.02. The van der Waals surface area contributed by atoms with Gasteiger partial charge in [-0.2, -0.15) is 0 Å². The van der Waals surface area contributed by atoms with Crippen molar-refractivity contribution in [3.8, 4) is 5.75 Å². The lowest BCUT2D eigenvalue weighted by Crippen LogP contribution is -2.00. The summed E-state index contributed by atoms with van der Waals surface area (Å²) < 4.78 is 5.32. The molecule has 0 unspecified atom stereocenters. The molecule has 0 fully saturated rings. The van der Waals surface area contributed by atoms with E-state index >= 15 is 0 Å². The lowest BCUT2D eigenvalue weighted by Gasteiger charge is -2.07. The number of hydrogen-bond donors (Lipinski definition) is 0. The van der Waals surface area contributed by atoms with Crippen molar-refractivity contribution in [2.75, 3.05) is 6.61 Å². The van der Waals surface area contributed by atoms with E-state index in [1.807, 2.05) is 13.8 Å². The second-order valence-corrected chi connectivity index (χ2v) is 3.66. The Balaban J connectivity index is 2.94. The molecule has 1 rings (SSSR count). The number of Topliss-reactive ketones (excluding diaryl/α,β-unsaturated/α-hetero) is 1. The summed E-state index contributed by atoms with van der Waals surface area (Å²) in [5.41, 5.74) is 0.560. The third-order valence-corrected chi connectivity index (χ3v) is 2.36. The molecule has 0 saturated carbocycles. The van der Waals surface area contributed by atoms with Crippen LogP contribution in [0.4, 0.5) is 0 Å². The van der Waals surface area contributed by atoms with Crippen molar-refractivity contribution < 1.29 is 9.53 Å². The molecule has 0 aromatic heterocycles. The zero-order chi connectivity index (χ0) is 11.3. The van der Waals surface area contributed by atoms with Crippen molar-refractivity contribution >= 4 is 17.4 Å². The van der Waals surface area contributed by atoms with Crippen LogP contribution < -0.4 is 4.74 Å². The van der Waals surface area contributed by atoms with Crippen LogP contribution in [0.3, 0.4) is 0 Å². The smallest absolute Gasteiger partial charge is 0.164 e. The molecule has 0 saturated heterocycles. The van der Waals surface area contributed by atoms with E-state index in [1.165, 1.54) is 0 Å². The minimum Gasteiger partial charge on any atom is -0.494 e. The lowest BCUT2D eigenvalue weighted by atomic mass is 10.1. The van der Waals surface area contributed by atoms with Crippen LogP contribution in [0.1, 0.15) is 37.0 Å². The molecule has 15 heavy (non-hydrogen) atoms. The van der Waals surface area contributed by atoms with Crippen LogP contribution >= 0.6 is 11.6 Å². The molecule has 0 spiro atoms. The summed E-state index contributed by atoms with van der Waals surface area (Å²) >= 11 is 5.95. The molecule has 0 aliphatic rings. The molecule has 1 aromatic rings. The summed E-state index contributed by atoms with van der Waals surface area (Å²) in [7, 11) is 0. The van der Waals surface area contributed by atoms with Crippen LogP contribution in [0.2, 0.25) is 5.02 Å². The summed E-state index contributed by atoms with van der Waals surface area (Å²) in [6.45, 7) is 4.46. The number of ether oxygens (including phenoxy) is 1. The Morgan fingerprint density at radius 3 is 2.73 bits per heavy atom. The van der Waals surface area contributed by atoms with E-state index in [1.54, 1.807) is 18.2 Å². The maximum absolute atomic E-state index is 11.7. The molecule has 0 radical (unpaired) electrons. The van der Waals surface area contributed by atoms with Gasteiger partial charge in [-0.15, -0.1) is 0 Å². The van der Waals surface area contributed by atoms with Crippen LogP contribution in [0.5, 0.6) is 5.75 Å². The predicted octanol–water partition coefficient (Wildman–Crippen LogP) is 3.72. The van der Waals surface area contributed by atoms with Crippen LogP contribution in [0, 0.1) is 0 Å². The van der Waals surface area contributed by atoms with Crippen molar-refractivity contribution in [2.24, 2.45) is 0 Å². The van der Waals surface area contributed by atoms with Crippen LogP contribution in [0.15, 0.2) is 18.2 Å². The topological polar surface area (TPSA) is 26.3 Å². The van der Waals surface area contributed by atoms with Crippen molar-refractivity contribution in [3.63, 3.8) is 0 Å². The fourth-order valence-corrected chi connectivity index (χ4v) is 1.56. The predicted molar refractivity (Wildman–Crippen MR) is 61.9 cm³/mol. The number of carbonyl (C=O) groups is 1. The normalized spacial score (nSPS) is 10.1. The van der Waals surface area contributed by atoms with E-state index < -0.39 is 0 Å². The van der Waals surface area contributed by atoms with Crippen molar-refractivity contribution in [3.05, 3.63) is 28.8 Å². The minimum absolute atomic E-state index is 0.0732. The van der Waals surface area contributed by atoms with Crippen molar-refractivity contribution in [1.29, 1.82) is 0 Å². The van der Waals surface area contributed by atoms with E-state index in [9.17, 15) is 4.79 Å². The Morgan fingerprint density at radius 1 is 1.40 bits per heavy atom. The largest absolute Gasteiger partial charge is 0.494 e. The van der Waals surface area contributed by atoms with E-state index in [-0.39, 0.29) is 5.78 Å². The third-order valence-electron chi connectivity index (χ3n) is 2.03. The molecule has 0 bridgehead atoms. The highest BCUT2D eigenvalue weighted by Crippen LogP contribution is 2.23. The molecule has 0 amide bonds. The molecule has 0 aliphatic heterocycles. The number of benzene rings is 1. The Bertz CT molecular complexity index is 347. The molecule has 0 aliphatic carbocycles. The van der Waals surface area contributed by atoms with Crippen LogP contribution in [0.25, 0.3) is 0 Å². The van der Waals surface area contributed by atoms with Gasteiger partial charge in [0.2, 0.25) is 0 Å². The fourth-order valence-electron chi connectivity index (χ4n) is 1.34. The third kappa shape index (κ3) is 3.24. The SMILES string of the molecule is CCCC(=O)c1cc(OCC)ccc1Cl. The van der Waals surface area contributed by atoms with E-state index in [0.717, 1.165) is 6.42 Å². The van der Waals surface area contributed by atoms with E-state index in [4.69, 9.17) is 16.3 Å². The standard InChI is InChI=1S/C12H15ClO2/c1-3-5-12(14)10-8-9(15-4-2)6-7-11(10)13/h6-8H,3-5H2,1-2H3. The van der Waals surface area contributed by atoms with Crippen LogP contribution in [-0.2, 0) is 0 Å². The van der Waals surface area contributed by atoms with Gasteiger partial charge in [0.05, 0.1) is 11.6 Å². The van der Waals surface area contributed by atoms with Gasteiger partial charge < -0.3 is 4.74 Å². The Labute approximate surface area is 95.2 Å². The first kappa shape index (κ1) is 12.1. The molecule has 0 N–H and O–H groups in total. The Kier molecular flexibility index (Phi) is 4.63. The lowest BCUT2D eigenvalue weighted by molar-refractivity contribution is 0.0981. The van der Waals surface area contributed by atoms with Crippen LogP contribution in [-0.4, -0.2) is 12.4 Å². The van der Waals surface area contributed by atoms with Gasteiger partial charge in [-0.05, 0) is 31.5 Å². The first-order chi connectivity index (χ1) is 7.19. The summed E-state index contributed by atoms with van der Waals surface area (Å²) in [5, 5.41) is 0.497. The Morgan fingerprint density at radius 2 is 2.13 bits per heavy atom. The molecule has 1 aromatic carbocycles. The number of carbonyl (C=O) groups excluding carboxylic acids is 1.